The molecule has 0 aliphatic heterocycles. The molecule has 1 heterocycles. The van der Waals surface area contributed by atoms with Gasteiger partial charge in [-0.1, -0.05) is 41.4 Å². The van der Waals surface area contributed by atoms with Gasteiger partial charge in [0.1, 0.15) is 0 Å². The Labute approximate surface area is 148 Å². The molecule has 122 valence electrons. The third-order valence-electron chi connectivity index (χ3n) is 3.29. The topological polar surface area (TPSA) is 68.0 Å². The van der Waals surface area contributed by atoms with E-state index in [1.807, 2.05) is 30.3 Å². The summed E-state index contributed by atoms with van der Waals surface area (Å²) in [6.07, 6.45) is 0.420. The van der Waals surface area contributed by atoms with E-state index in [9.17, 15) is 4.79 Å². The summed E-state index contributed by atoms with van der Waals surface area (Å²) in [5, 5.41) is 11.5. The van der Waals surface area contributed by atoms with Crippen LogP contribution in [0.2, 0.25) is 10.0 Å². The average molecular weight is 362 g/mol. The van der Waals surface area contributed by atoms with Crippen molar-refractivity contribution in [3.8, 4) is 11.5 Å². The van der Waals surface area contributed by atoms with E-state index in [1.54, 1.807) is 12.1 Å². The normalized spacial score (nSPS) is 10.6. The minimum Gasteiger partial charge on any atom is -0.421 e. The first-order chi connectivity index (χ1) is 11.6. The van der Waals surface area contributed by atoms with E-state index < -0.39 is 0 Å². The SMILES string of the molecule is O=C(NCCc1nnc(-c2ccccc2)o1)c1cc(Cl)ccc1Cl. The summed E-state index contributed by atoms with van der Waals surface area (Å²) in [6, 6.07) is 14.2. The van der Waals surface area contributed by atoms with E-state index in [0.29, 0.717) is 40.4 Å². The Bertz CT molecular complexity index is 850. The molecule has 1 amide bonds. The molecule has 0 saturated heterocycles. The van der Waals surface area contributed by atoms with Crippen molar-refractivity contribution >= 4 is 29.1 Å². The third-order valence-corrected chi connectivity index (χ3v) is 3.85. The number of nitrogens with zero attached hydrogens (tertiary/aromatic N) is 2. The molecule has 0 aliphatic rings. The zero-order valence-electron chi connectivity index (χ0n) is 12.5. The predicted molar refractivity (Wildman–Crippen MR) is 92.2 cm³/mol. The Morgan fingerprint density at radius 1 is 1.08 bits per heavy atom. The van der Waals surface area contributed by atoms with E-state index in [-0.39, 0.29) is 5.91 Å². The first kappa shape index (κ1) is 16.5. The van der Waals surface area contributed by atoms with Crippen LogP contribution in [0, 0.1) is 0 Å². The summed E-state index contributed by atoms with van der Waals surface area (Å²) in [5.74, 6) is 0.603. The molecule has 0 unspecified atom stereocenters. The fourth-order valence-corrected chi connectivity index (χ4v) is 2.48. The monoisotopic (exact) mass is 361 g/mol. The number of benzene rings is 2. The molecule has 5 nitrogen and oxygen atoms in total. The summed E-state index contributed by atoms with van der Waals surface area (Å²) < 4.78 is 5.58. The van der Waals surface area contributed by atoms with Crippen LogP contribution in [0.4, 0.5) is 0 Å². The standard InChI is InChI=1S/C17H13Cl2N3O2/c18-12-6-7-14(19)13(10-12)16(23)20-9-8-15-21-22-17(24-15)11-4-2-1-3-5-11/h1-7,10H,8-9H2,(H,20,23). The van der Waals surface area contributed by atoms with Gasteiger partial charge in [0.2, 0.25) is 11.8 Å². The van der Waals surface area contributed by atoms with Crippen LogP contribution < -0.4 is 5.32 Å². The molecular weight excluding hydrogens is 349 g/mol. The molecule has 3 rings (SSSR count). The number of rotatable bonds is 5. The Hall–Kier alpha value is -2.37. The highest BCUT2D eigenvalue weighted by molar-refractivity contribution is 6.35. The van der Waals surface area contributed by atoms with Crippen LogP contribution >= 0.6 is 23.2 Å². The van der Waals surface area contributed by atoms with E-state index in [4.69, 9.17) is 27.6 Å². The van der Waals surface area contributed by atoms with Gasteiger partial charge in [-0.25, -0.2) is 0 Å². The quantitative estimate of drug-likeness (QED) is 0.745. The molecule has 3 aromatic rings. The van der Waals surface area contributed by atoms with Crippen LogP contribution in [0.5, 0.6) is 0 Å². The molecule has 1 N–H and O–H groups in total. The fraction of sp³-hybridized carbons (Fsp3) is 0.118. The van der Waals surface area contributed by atoms with Gasteiger partial charge in [0.25, 0.3) is 5.91 Å². The Morgan fingerprint density at radius 2 is 1.88 bits per heavy atom. The molecule has 0 spiro atoms. The lowest BCUT2D eigenvalue weighted by molar-refractivity contribution is 0.0954. The van der Waals surface area contributed by atoms with Crippen LogP contribution in [0.3, 0.4) is 0 Å². The summed E-state index contributed by atoms with van der Waals surface area (Å²) in [6.45, 7) is 0.345. The summed E-state index contributed by atoms with van der Waals surface area (Å²) in [4.78, 5) is 12.1. The Balaban J connectivity index is 1.58. The number of hydrogen-bond donors (Lipinski definition) is 1. The number of hydrogen-bond acceptors (Lipinski definition) is 4. The fourth-order valence-electron chi connectivity index (χ4n) is 2.10. The maximum atomic E-state index is 12.1. The highest BCUT2D eigenvalue weighted by Gasteiger charge is 2.12. The van der Waals surface area contributed by atoms with Gasteiger partial charge < -0.3 is 9.73 Å². The van der Waals surface area contributed by atoms with Crippen molar-refractivity contribution in [3.05, 3.63) is 70.0 Å². The van der Waals surface area contributed by atoms with Crippen molar-refractivity contribution in [1.82, 2.24) is 15.5 Å². The number of carbonyl (C=O) groups excluding carboxylic acids is 1. The minimum absolute atomic E-state index is 0.301. The first-order valence-electron chi connectivity index (χ1n) is 7.24. The smallest absolute Gasteiger partial charge is 0.252 e. The molecule has 0 atom stereocenters. The maximum Gasteiger partial charge on any atom is 0.252 e. The van der Waals surface area contributed by atoms with Gasteiger partial charge in [-0.3, -0.25) is 4.79 Å². The highest BCUT2D eigenvalue weighted by atomic mass is 35.5. The lowest BCUT2D eigenvalue weighted by Gasteiger charge is -2.05. The number of carbonyl (C=O) groups is 1. The largest absolute Gasteiger partial charge is 0.421 e. The van der Waals surface area contributed by atoms with E-state index in [0.717, 1.165) is 5.56 Å². The van der Waals surface area contributed by atoms with Crippen LogP contribution in [0.1, 0.15) is 16.2 Å². The lowest BCUT2D eigenvalue weighted by Crippen LogP contribution is -2.26. The van der Waals surface area contributed by atoms with Crippen molar-refractivity contribution < 1.29 is 9.21 Å². The summed E-state index contributed by atoms with van der Waals surface area (Å²) in [5.41, 5.74) is 1.19. The zero-order valence-corrected chi connectivity index (χ0v) is 14.0. The van der Waals surface area contributed by atoms with Crippen molar-refractivity contribution in [2.24, 2.45) is 0 Å². The number of aromatic nitrogens is 2. The van der Waals surface area contributed by atoms with Crippen LogP contribution in [-0.4, -0.2) is 22.6 Å². The second-order valence-electron chi connectivity index (χ2n) is 5.00. The van der Waals surface area contributed by atoms with E-state index in [1.165, 1.54) is 6.07 Å². The Kier molecular flexibility index (Phi) is 5.13. The first-order valence-corrected chi connectivity index (χ1v) is 8.00. The van der Waals surface area contributed by atoms with E-state index >= 15 is 0 Å². The average Bonchev–Trinajstić information content (AvgIpc) is 3.06. The molecule has 7 heteroatoms. The molecular formula is C17H13Cl2N3O2. The van der Waals surface area contributed by atoms with Crippen molar-refractivity contribution in [3.63, 3.8) is 0 Å². The molecule has 0 aliphatic carbocycles. The molecule has 0 bridgehead atoms. The Morgan fingerprint density at radius 3 is 2.67 bits per heavy atom. The van der Waals surface area contributed by atoms with Gasteiger partial charge in [0, 0.05) is 23.6 Å². The summed E-state index contributed by atoms with van der Waals surface area (Å²) in [7, 11) is 0. The number of amides is 1. The second-order valence-corrected chi connectivity index (χ2v) is 5.84. The zero-order chi connectivity index (χ0) is 16.9. The molecule has 1 aromatic heterocycles. The molecule has 24 heavy (non-hydrogen) atoms. The van der Waals surface area contributed by atoms with Crippen LogP contribution in [-0.2, 0) is 6.42 Å². The van der Waals surface area contributed by atoms with Gasteiger partial charge >= 0.3 is 0 Å². The van der Waals surface area contributed by atoms with Crippen molar-refractivity contribution in [1.29, 1.82) is 0 Å². The summed E-state index contributed by atoms with van der Waals surface area (Å²) >= 11 is 11.9. The van der Waals surface area contributed by atoms with Gasteiger partial charge in [-0.05, 0) is 30.3 Å². The lowest BCUT2D eigenvalue weighted by atomic mass is 10.2. The molecule has 0 fully saturated rings. The van der Waals surface area contributed by atoms with Gasteiger partial charge in [-0.15, -0.1) is 10.2 Å². The van der Waals surface area contributed by atoms with Gasteiger partial charge in [0.15, 0.2) is 0 Å². The third kappa shape index (κ3) is 3.93. The van der Waals surface area contributed by atoms with Crippen molar-refractivity contribution in [2.75, 3.05) is 6.54 Å². The van der Waals surface area contributed by atoms with Crippen LogP contribution in [0.15, 0.2) is 52.9 Å². The van der Waals surface area contributed by atoms with Gasteiger partial charge in [-0.2, -0.15) is 0 Å². The van der Waals surface area contributed by atoms with Gasteiger partial charge in [0.05, 0.1) is 10.6 Å². The van der Waals surface area contributed by atoms with E-state index in [2.05, 4.69) is 15.5 Å². The minimum atomic E-state index is -0.301. The highest BCUT2D eigenvalue weighted by Crippen LogP contribution is 2.20. The maximum absolute atomic E-state index is 12.1. The van der Waals surface area contributed by atoms with Crippen molar-refractivity contribution in [2.45, 2.75) is 6.42 Å². The number of nitrogens with one attached hydrogen (secondary N) is 1. The number of halogens is 2. The molecule has 0 radical (unpaired) electrons. The second kappa shape index (κ2) is 7.47. The molecule has 2 aromatic carbocycles. The molecule has 0 saturated carbocycles. The van der Waals surface area contributed by atoms with Crippen LogP contribution in [0.25, 0.3) is 11.5 Å². The predicted octanol–water partition coefficient (Wildman–Crippen LogP) is 4.02.